The molecule has 0 bridgehead atoms. The SMILES string of the molecule is O=S(=O)(NCc1cn(-c2cccnc2)nn1)c1cccc(Cl)c1. The number of rotatable bonds is 5. The first kappa shape index (κ1) is 15.6. The molecule has 0 amide bonds. The Morgan fingerprint density at radius 2 is 2.09 bits per heavy atom. The van der Waals surface area contributed by atoms with Crippen LogP contribution in [0.15, 0.2) is 59.9 Å². The summed E-state index contributed by atoms with van der Waals surface area (Å²) in [5, 5.41) is 8.24. The lowest BCUT2D eigenvalue weighted by molar-refractivity contribution is 0.580. The molecule has 0 aliphatic rings. The van der Waals surface area contributed by atoms with Gasteiger partial charge >= 0.3 is 0 Å². The van der Waals surface area contributed by atoms with E-state index in [0.717, 1.165) is 5.69 Å². The summed E-state index contributed by atoms with van der Waals surface area (Å²) in [6, 6.07) is 9.65. The zero-order chi connectivity index (χ0) is 16.3. The number of nitrogens with zero attached hydrogens (tertiary/aromatic N) is 4. The molecule has 23 heavy (non-hydrogen) atoms. The van der Waals surface area contributed by atoms with E-state index in [1.165, 1.54) is 16.8 Å². The molecule has 7 nitrogen and oxygen atoms in total. The fourth-order valence-corrected chi connectivity index (χ4v) is 3.18. The predicted molar refractivity (Wildman–Crippen MR) is 84.6 cm³/mol. The van der Waals surface area contributed by atoms with Crippen molar-refractivity contribution >= 4 is 21.6 Å². The van der Waals surface area contributed by atoms with Crippen molar-refractivity contribution in [2.45, 2.75) is 11.4 Å². The third-order valence-corrected chi connectivity index (χ3v) is 4.64. The van der Waals surface area contributed by atoms with Crippen molar-refractivity contribution < 1.29 is 8.42 Å². The van der Waals surface area contributed by atoms with Gasteiger partial charge in [0.15, 0.2) is 0 Å². The molecule has 3 aromatic rings. The molecule has 0 spiro atoms. The van der Waals surface area contributed by atoms with Crippen LogP contribution >= 0.6 is 11.6 Å². The van der Waals surface area contributed by atoms with E-state index < -0.39 is 10.0 Å². The van der Waals surface area contributed by atoms with Gasteiger partial charge in [0.2, 0.25) is 10.0 Å². The Morgan fingerprint density at radius 1 is 1.22 bits per heavy atom. The van der Waals surface area contributed by atoms with E-state index in [1.54, 1.807) is 36.8 Å². The highest BCUT2D eigenvalue weighted by Crippen LogP contribution is 2.15. The molecule has 0 aliphatic heterocycles. The summed E-state index contributed by atoms with van der Waals surface area (Å²) in [5.74, 6) is 0. The molecule has 0 atom stereocenters. The maximum atomic E-state index is 12.2. The van der Waals surface area contributed by atoms with Crippen molar-refractivity contribution in [3.05, 3.63) is 65.7 Å². The number of sulfonamides is 1. The van der Waals surface area contributed by atoms with Crippen LogP contribution in [-0.4, -0.2) is 28.4 Å². The van der Waals surface area contributed by atoms with Gasteiger partial charge in [-0.2, -0.15) is 0 Å². The minimum atomic E-state index is -3.66. The summed E-state index contributed by atoms with van der Waals surface area (Å²) in [6.07, 6.45) is 4.92. The molecule has 0 saturated carbocycles. The van der Waals surface area contributed by atoms with Crippen LogP contribution < -0.4 is 4.72 Å². The van der Waals surface area contributed by atoms with Crippen LogP contribution in [0, 0.1) is 0 Å². The average molecular weight is 350 g/mol. The second kappa shape index (κ2) is 6.45. The lowest BCUT2D eigenvalue weighted by atomic mass is 10.4. The number of halogens is 1. The quantitative estimate of drug-likeness (QED) is 0.758. The summed E-state index contributed by atoms with van der Waals surface area (Å²) in [7, 11) is -3.66. The van der Waals surface area contributed by atoms with Crippen LogP contribution in [0.2, 0.25) is 5.02 Å². The molecule has 1 aromatic carbocycles. The minimum Gasteiger partial charge on any atom is -0.262 e. The smallest absolute Gasteiger partial charge is 0.240 e. The maximum Gasteiger partial charge on any atom is 0.240 e. The highest BCUT2D eigenvalue weighted by molar-refractivity contribution is 7.89. The number of benzene rings is 1. The van der Waals surface area contributed by atoms with Gasteiger partial charge in [0.05, 0.1) is 35.2 Å². The Labute approximate surface area is 138 Å². The monoisotopic (exact) mass is 349 g/mol. The van der Waals surface area contributed by atoms with Crippen LogP contribution in [-0.2, 0) is 16.6 Å². The van der Waals surface area contributed by atoms with E-state index in [0.29, 0.717) is 10.7 Å². The highest BCUT2D eigenvalue weighted by atomic mass is 35.5. The second-order valence-electron chi connectivity index (χ2n) is 4.65. The third kappa shape index (κ3) is 3.73. The molecule has 1 N–H and O–H groups in total. The van der Waals surface area contributed by atoms with Crippen LogP contribution in [0.4, 0.5) is 0 Å². The average Bonchev–Trinajstić information content (AvgIpc) is 3.03. The van der Waals surface area contributed by atoms with E-state index in [1.807, 2.05) is 6.07 Å². The fraction of sp³-hybridized carbons (Fsp3) is 0.0714. The summed E-state index contributed by atoms with van der Waals surface area (Å²) >= 11 is 5.82. The molecule has 0 unspecified atom stereocenters. The summed E-state index contributed by atoms with van der Waals surface area (Å²) in [4.78, 5) is 4.09. The molecule has 0 aliphatic carbocycles. The van der Waals surface area contributed by atoms with Crippen molar-refractivity contribution in [2.24, 2.45) is 0 Å². The van der Waals surface area contributed by atoms with Crippen LogP contribution in [0.25, 0.3) is 5.69 Å². The third-order valence-electron chi connectivity index (χ3n) is 3.00. The normalized spacial score (nSPS) is 11.5. The summed E-state index contributed by atoms with van der Waals surface area (Å²) < 4.78 is 28.4. The van der Waals surface area contributed by atoms with Gasteiger partial charge in [0.1, 0.15) is 0 Å². The molecule has 0 saturated heterocycles. The highest BCUT2D eigenvalue weighted by Gasteiger charge is 2.15. The molecule has 0 fully saturated rings. The molecule has 2 aromatic heterocycles. The van der Waals surface area contributed by atoms with Gasteiger partial charge in [-0.25, -0.2) is 17.8 Å². The number of hydrogen-bond donors (Lipinski definition) is 1. The summed E-state index contributed by atoms with van der Waals surface area (Å²) in [5.41, 5.74) is 1.23. The van der Waals surface area contributed by atoms with Crippen LogP contribution in [0.3, 0.4) is 0 Å². The van der Waals surface area contributed by atoms with E-state index in [-0.39, 0.29) is 11.4 Å². The van der Waals surface area contributed by atoms with E-state index >= 15 is 0 Å². The van der Waals surface area contributed by atoms with Gasteiger partial charge in [0, 0.05) is 11.2 Å². The first-order valence-electron chi connectivity index (χ1n) is 6.61. The van der Waals surface area contributed by atoms with Gasteiger partial charge in [0.25, 0.3) is 0 Å². The van der Waals surface area contributed by atoms with Crippen molar-refractivity contribution in [3.8, 4) is 5.69 Å². The van der Waals surface area contributed by atoms with Crippen molar-refractivity contribution in [1.82, 2.24) is 24.7 Å². The molecule has 2 heterocycles. The predicted octanol–water partition coefficient (Wildman–Crippen LogP) is 1.79. The van der Waals surface area contributed by atoms with Gasteiger partial charge in [-0.15, -0.1) is 5.10 Å². The molecule has 9 heteroatoms. The number of hydrogen-bond acceptors (Lipinski definition) is 5. The number of aromatic nitrogens is 4. The van der Waals surface area contributed by atoms with Crippen molar-refractivity contribution in [3.63, 3.8) is 0 Å². The lowest BCUT2D eigenvalue weighted by Gasteiger charge is -2.05. The number of nitrogens with one attached hydrogen (secondary N) is 1. The fourth-order valence-electron chi connectivity index (χ4n) is 1.88. The Bertz CT molecular complexity index is 912. The van der Waals surface area contributed by atoms with Crippen LogP contribution in [0.5, 0.6) is 0 Å². The zero-order valence-electron chi connectivity index (χ0n) is 11.8. The molecular weight excluding hydrogens is 338 g/mol. The first-order chi connectivity index (χ1) is 11.0. The van der Waals surface area contributed by atoms with Crippen molar-refractivity contribution in [2.75, 3.05) is 0 Å². The molecule has 3 rings (SSSR count). The molecular formula is C14H12ClN5O2S. The maximum absolute atomic E-state index is 12.2. The topological polar surface area (TPSA) is 89.8 Å². The Hall–Kier alpha value is -2.29. The van der Waals surface area contributed by atoms with Crippen molar-refractivity contribution in [1.29, 1.82) is 0 Å². The van der Waals surface area contributed by atoms with Crippen LogP contribution in [0.1, 0.15) is 5.69 Å². The van der Waals surface area contributed by atoms with Gasteiger partial charge in [-0.1, -0.05) is 22.9 Å². The minimum absolute atomic E-state index is 0.0229. The molecule has 0 radical (unpaired) electrons. The Kier molecular flexibility index (Phi) is 4.37. The summed E-state index contributed by atoms with van der Waals surface area (Å²) in [6.45, 7) is 0.0229. The Morgan fingerprint density at radius 3 is 2.83 bits per heavy atom. The van der Waals surface area contributed by atoms with Gasteiger partial charge < -0.3 is 0 Å². The van der Waals surface area contributed by atoms with E-state index in [4.69, 9.17) is 11.6 Å². The van der Waals surface area contributed by atoms with Gasteiger partial charge in [-0.05, 0) is 30.3 Å². The number of pyridine rings is 1. The zero-order valence-corrected chi connectivity index (χ0v) is 13.4. The largest absolute Gasteiger partial charge is 0.262 e. The Balaban J connectivity index is 1.73. The van der Waals surface area contributed by atoms with E-state index in [9.17, 15) is 8.42 Å². The molecule has 118 valence electrons. The van der Waals surface area contributed by atoms with Gasteiger partial charge in [-0.3, -0.25) is 4.98 Å². The lowest BCUT2D eigenvalue weighted by Crippen LogP contribution is -2.23. The second-order valence-corrected chi connectivity index (χ2v) is 6.85. The van der Waals surface area contributed by atoms with E-state index in [2.05, 4.69) is 20.0 Å². The first-order valence-corrected chi connectivity index (χ1v) is 8.47. The standard InChI is InChI=1S/C14H12ClN5O2S/c15-11-3-1-5-14(7-11)23(21,22)17-8-12-10-20(19-18-12)13-4-2-6-16-9-13/h1-7,9-10,17H,8H2.